The van der Waals surface area contributed by atoms with Gasteiger partial charge >= 0.3 is 0 Å². The fraction of sp³-hybridized carbons (Fsp3) is 0.250. The first-order valence-electron chi connectivity index (χ1n) is 6.39. The number of rotatable bonds is 5. The molecule has 20 heavy (non-hydrogen) atoms. The molecule has 2 rings (SSSR count). The van der Waals surface area contributed by atoms with Gasteiger partial charge in [-0.15, -0.1) is 0 Å². The second-order valence-electron chi connectivity index (χ2n) is 4.57. The van der Waals surface area contributed by atoms with E-state index in [1.165, 1.54) is 11.6 Å². The molecule has 0 aromatic heterocycles. The molecular formula is C16H17ClFNO. The number of ether oxygens (including phenoxy) is 1. The van der Waals surface area contributed by atoms with Crippen molar-refractivity contribution in [2.75, 3.05) is 14.2 Å². The summed E-state index contributed by atoms with van der Waals surface area (Å²) >= 11 is 5.84. The van der Waals surface area contributed by atoms with Crippen LogP contribution in [0.1, 0.15) is 17.2 Å². The van der Waals surface area contributed by atoms with Crippen LogP contribution in [-0.4, -0.2) is 14.2 Å². The predicted molar refractivity (Wildman–Crippen MR) is 79.9 cm³/mol. The summed E-state index contributed by atoms with van der Waals surface area (Å²) in [6.45, 7) is 0. The lowest BCUT2D eigenvalue weighted by Crippen LogP contribution is -2.18. The Morgan fingerprint density at radius 2 is 1.90 bits per heavy atom. The van der Waals surface area contributed by atoms with E-state index in [0.29, 0.717) is 0 Å². The van der Waals surface area contributed by atoms with Gasteiger partial charge in [-0.2, -0.15) is 0 Å². The molecule has 0 amide bonds. The van der Waals surface area contributed by atoms with E-state index in [0.717, 1.165) is 17.7 Å². The van der Waals surface area contributed by atoms with Crippen LogP contribution in [0.4, 0.5) is 4.39 Å². The number of hydrogen-bond donors (Lipinski definition) is 1. The van der Waals surface area contributed by atoms with Crippen molar-refractivity contribution in [2.24, 2.45) is 0 Å². The fourth-order valence-electron chi connectivity index (χ4n) is 2.11. The minimum absolute atomic E-state index is 0.0847. The minimum Gasteiger partial charge on any atom is -0.497 e. The summed E-state index contributed by atoms with van der Waals surface area (Å²) in [5.41, 5.74) is 2.14. The van der Waals surface area contributed by atoms with Gasteiger partial charge in [-0.05, 0) is 48.9 Å². The van der Waals surface area contributed by atoms with Crippen molar-refractivity contribution in [2.45, 2.75) is 12.5 Å². The van der Waals surface area contributed by atoms with Crippen LogP contribution in [0.3, 0.4) is 0 Å². The predicted octanol–water partition coefficient (Wildman–Crippen LogP) is 3.99. The molecule has 106 valence electrons. The molecule has 0 aliphatic carbocycles. The Balaban J connectivity index is 2.16. The van der Waals surface area contributed by atoms with Crippen molar-refractivity contribution in [3.8, 4) is 5.75 Å². The zero-order chi connectivity index (χ0) is 14.5. The molecule has 0 saturated carbocycles. The summed E-state index contributed by atoms with van der Waals surface area (Å²) in [5, 5.41) is 3.38. The molecule has 0 fully saturated rings. The molecule has 1 N–H and O–H groups in total. The molecule has 0 aliphatic heterocycles. The van der Waals surface area contributed by atoms with Gasteiger partial charge < -0.3 is 10.1 Å². The zero-order valence-electron chi connectivity index (χ0n) is 11.5. The normalized spacial score (nSPS) is 12.2. The van der Waals surface area contributed by atoms with E-state index in [2.05, 4.69) is 5.32 Å². The SMILES string of the molecule is CNC(Cc1ccc(OC)cc1)c1ccc(F)c(Cl)c1. The highest BCUT2D eigenvalue weighted by molar-refractivity contribution is 6.30. The van der Waals surface area contributed by atoms with Crippen molar-refractivity contribution in [1.29, 1.82) is 0 Å². The third-order valence-corrected chi connectivity index (χ3v) is 3.58. The maximum absolute atomic E-state index is 13.2. The molecule has 4 heteroatoms. The largest absolute Gasteiger partial charge is 0.497 e. The molecule has 0 spiro atoms. The number of methoxy groups -OCH3 is 1. The van der Waals surface area contributed by atoms with E-state index in [-0.39, 0.29) is 11.1 Å². The fourth-order valence-corrected chi connectivity index (χ4v) is 2.30. The van der Waals surface area contributed by atoms with E-state index in [1.54, 1.807) is 19.2 Å². The molecule has 1 unspecified atom stereocenters. The minimum atomic E-state index is -0.394. The van der Waals surface area contributed by atoms with Crippen LogP contribution in [-0.2, 0) is 6.42 Å². The van der Waals surface area contributed by atoms with Gasteiger partial charge in [0.1, 0.15) is 11.6 Å². The Morgan fingerprint density at radius 1 is 1.20 bits per heavy atom. The quantitative estimate of drug-likeness (QED) is 0.900. The molecular weight excluding hydrogens is 277 g/mol. The lowest BCUT2D eigenvalue weighted by molar-refractivity contribution is 0.414. The number of halogens is 2. The van der Waals surface area contributed by atoms with Crippen LogP contribution in [0.2, 0.25) is 5.02 Å². The molecule has 2 nitrogen and oxygen atoms in total. The number of likely N-dealkylation sites (N-methyl/N-ethyl adjacent to an activating group) is 1. The second kappa shape index (κ2) is 6.73. The van der Waals surface area contributed by atoms with Crippen LogP contribution >= 0.6 is 11.6 Å². The summed E-state index contributed by atoms with van der Waals surface area (Å²) in [6, 6.07) is 12.8. The Labute approximate surface area is 123 Å². The second-order valence-corrected chi connectivity index (χ2v) is 4.97. The topological polar surface area (TPSA) is 21.3 Å². The zero-order valence-corrected chi connectivity index (χ0v) is 12.2. The third-order valence-electron chi connectivity index (χ3n) is 3.29. The maximum Gasteiger partial charge on any atom is 0.141 e. The van der Waals surface area contributed by atoms with Gasteiger partial charge in [0.15, 0.2) is 0 Å². The van der Waals surface area contributed by atoms with Crippen molar-refractivity contribution >= 4 is 11.6 Å². The Kier molecular flexibility index (Phi) is 4.99. The molecule has 0 heterocycles. The van der Waals surface area contributed by atoms with E-state index < -0.39 is 5.82 Å². The Morgan fingerprint density at radius 3 is 2.45 bits per heavy atom. The van der Waals surface area contributed by atoms with E-state index in [4.69, 9.17) is 16.3 Å². The van der Waals surface area contributed by atoms with Gasteiger partial charge in [0.05, 0.1) is 12.1 Å². The molecule has 0 saturated heterocycles. The first-order chi connectivity index (χ1) is 9.63. The number of nitrogens with one attached hydrogen (secondary N) is 1. The molecule has 0 aliphatic rings. The summed E-state index contributed by atoms with van der Waals surface area (Å²) < 4.78 is 18.3. The van der Waals surface area contributed by atoms with Gasteiger partial charge in [0.2, 0.25) is 0 Å². The smallest absolute Gasteiger partial charge is 0.141 e. The Hall–Kier alpha value is -1.58. The average Bonchev–Trinajstić information content (AvgIpc) is 2.48. The number of benzene rings is 2. The average molecular weight is 294 g/mol. The number of hydrogen-bond acceptors (Lipinski definition) is 2. The third kappa shape index (κ3) is 3.50. The van der Waals surface area contributed by atoms with Crippen LogP contribution in [0.15, 0.2) is 42.5 Å². The Bertz CT molecular complexity index is 571. The van der Waals surface area contributed by atoms with Gasteiger partial charge in [-0.3, -0.25) is 0 Å². The van der Waals surface area contributed by atoms with Gasteiger partial charge in [-0.1, -0.05) is 29.8 Å². The molecule has 1 atom stereocenters. The monoisotopic (exact) mass is 293 g/mol. The van der Waals surface area contributed by atoms with Crippen LogP contribution in [0, 0.1) is 5.82 Å². The first kappa shape index (κ1) is 14.8. The van der Waals surface area contributed by atoms with Crippen LogP contribution in [0.5, 0.6) is 5.75 Å². The molecule has 2 aromatic carbocycles. The van der Waals surface area contributed by atoms with Gasteiger partial charge in [0, 0.05) is 6.04 Å². The standard InChI is InChI=1S/C16H17ClFNO/c1-19-16(12-5-8-15(18)14(17)10-12)9-11-3-6-13(20-2)7-4-11/h3-8,10,16,19H,9H2,1-2H3. The van der Waals surface area contributed by atoms with Crippen LogP contribution in [0.25, 0.3) is 0 Å². The highest BCUT2D eigenvalue weighted by atomic mass is 35.5. The lowest BCUT2D eigenvalue weighted by Gasteiger charge is -2.17. The summed E-state index contributed by atoms with van der Waals surface area (Å²) in [4.78, 5) is 0. The van der Waals surface area contributed by atoms with Gasteiger partial charge in [0.25, 0.3) is 0 Å². The molecule has 0 bridgehead atoms. The first-order valence-corrected chi connectivity index (χ1v) is 6.77. The summed E-state index contributed by atoms with van der Waals surface area (Å²) in [6.07, 6.45) is 0.794. The highest BCUT2D eigenvalue weighted by Crippen LogP contribution is 2.24. The van der Waals surface area contributed by atoms with Crippen LogP contribution < -0.4 is 10.1 Å². The van der Waals surface area contributed by atoms with Crippen molar-refractivity contribution in [3.63, 3.8) is 0 Å². The molecule has 2 aromatic rings. The van der Waals surface area contributed by atoms with E-state index in [9.17, 15) is 4.39 Å². The van der Waals surface area contributed by atoms with E-state index in [1.807, 2.05) is 31.3 Å². The molecule has 0 radical (unpaired) electrons. The van der Waals surface area contributed by atoms with Gasteiger partial charge in [-0.25, -0.2) is 4.39 Å². The van der Waals surface area contributed by atoms with Crippen molar-refractivity contribution < 1.29 is 9.13 Å². The lowest BCUT2D eigenvalue weighted by atomic mass is 9.99. The van der Waals surface area contributed by atoms with E-state index >= 15 is 0 Å². The summed E-state index contributed by atoms with van der Waals surface area (Å²) in [5.74, 6) is 0.439. The van der Waals surface area contributed by atoms with Crippen molar-refractivity contribution in [3.05, 3.63) is 64.4 Å². The highest BCUT2D eigenvalue weighted by Gasteiger charge is 2.12. The summed E-state index contributed by atoms with van der Waals surface area (Å²) in [7, 11) is 3.53. The van der Waals surface area contributed by atoms with Crippen molar-refractivity contribution in [1.82, 2.24) is 5.32 Å². The maximum atomic E-state index is 13.2.